The molecular weight excluding hydrogens is 242 g/mol. The molecule has 0 spiro atoms. The van der Waals surface area contributed by atoms with Crippen LogP contribution >= 0.6 is 0 Å². The predicted molar refractivity (Wildman–Crippen MR) is 74.1 cm³/mol. The highest BCUT2D eigenvalue weighted by Gasteiger charge is 2.08. The van der Waals surface area contributed by atoms with Crippen LogP contribution in [0.2, 0.25) is 0 Å². The maximum Gasteiger partial charge on any atom is 0.307 e. The van der Waals surface area contributed by atoms with E-state index in [4.69, 9.17) is 4.74 Å². The van der Waals surface area contributed by atoms with Gasteiger partial charge in [-0.25, -0.2) is 9.97 Å². The second-order valence-electron chi connectivity index (χ2n) is 4.21. The van der Waals surface area contributed by atoms with E-state index in [1.54, 1.807) is 13.1 Å². The Balaban J connectivity index is 2.04. The molecular formula is C14H17N3O2. The molecule has 0 N–H and O–H groups in total. The van der Waals surface area contributed by atoms with Crippen LogP contribution in [0.15, 0.2) is 30.5 Å². The summed E-state index contributed by atoms with van der Waals surface area (Å²) >= 11 is 0. The number of nitrogens with zero attached hydrogens (tertiary/aromatic N) is 3. The molecule has 2 aromatic rings. The van der Waals surface area contributed by atoms with Crippen LogP contribution in [-0.2, 0) is 9.53 Å². The fourth-order valence-electron chi connectivity index (χ4n) is 1.74. The van der Waals surface area contributed by atoms with Gasteiger partial charge in [-0.1, -0.05) is 18.2 Å². The van der Waals surface area contributed by atoms with E-state index in [1.807, 2.05) is 36.2 Å². The van der Waals surface area contributed by atoms with E-state index in [-0.39, 0.29) is 5.97 Å². The third-order valence-electron chi connectivity index (χ3n) is 2.77. The van der Waals surface area contributed by atoms with Crippen molar-refractivity contribution in [3.63, 3.8) is 0 Å². The molecule has 0 aliphatic rings. The zero-order valence-corrected chi connectivity index (χ0v) is 11.2. The molecule has 1 heterocycles. The van der Waals surface area contributed by atoms with Crippen LogP contribution in [0.1, 0.15) is 13.3 Å². The number of fused-ring (bicyclic) bond motifs is 1. The topological polar surface area (TPSA) is 55.3 Å². The van der Waals surface area contributed by atoms with E-state index in [0.717, 1.165) is 10.9 Å². The molecule has 5 nitrogen and oxygen atoms in total. The van der Waals surface area contributed by atoms with Crippen LogP contribution in [0.5, 0.6) is 0 Å². The lowest BCUT2D eigenvalue weighted by Crippen LogP contribution is -2.23. The highest BCUT2D eigenvalue weighted by atomic mass is 16.5. The third-order valence-corrected chi connectivity index (χ3v) is 2.77. The zero-order valence-electron chi connectivity index (χ0n) is 11.2. The minimum absolute atomic E-state index is 0.199. The number of para-hydroxylation sites is 1. The van der Waals surface area contributed by atoms with Gasteiger partial charge in [-0.15, -0.1) is 0 Å². The van der Waals surface area contributed by atoms with E-state index in [9.17, 15) is 4.79 Å². The number of carbonyl (C=O) groups excluding carboxylic acids is 1. The second-order valence-corrected chi connectivity index (χ2v) is 4.21. The SMILES string of the molecule is CCOC(=O)CCN(C)c1ncc2ccccc2n1. The Labute approximate surface area is 112 Å². The average molecular weight is 259 g/mol. The Hall–Kier alpha value is -2.17. The molecule has 0 radical (unpaired) electrons. The fourth-order valence-corrected chi connectivity index (χ4v) is 1.74. The maximum absolute atomic E-state index is 11.3. The van der Waals surface area contributed by atoms with Gasteiger partial charge in [0.2, 0.25) is 5.95 Å². The number of hydrogen-bond donors (Lipinski definition) is 0. The van der Waals surface area contributed by atoms with Crippen molar-refractivity contribution in [2.45, 2.75) is 13.3 Å². The standard InChI is InChI=1S/C14H17N3O2/c1-3-19-13(18)8-9-17(2)14-15-10-11-6-4-5-7-12(11)16-14/h4-7,10H,3,8-9H2,1-2H3. The molecule has 0 saturated heterocycles. The molecule has 0 aliphatic heterocycles. The Kier molecular flexibility index (Phi) is 4.28. The number of aromatic nitrogens is 2. The van der Waals surface area contributed by atoms with Crippen molar-refractivity contribution in [1.82, 2.24) is 9.97 Å². The van der Waals surface area contributed by atoms with Crippen LogP contribution in [0, 0.1) is 0 Å². The lowest BCUT2D eigenvalue weighted by molar-refractivity contribution is -0.142. The number of anilines is 1. The molecule has 0 fully saturated rings. The molecule has 0 saturated carbocycles. The van der Waals surface area contributed by atoms with E-state index in [1.165, 1.54) is 0 Å². The summed E-state index contributed by atoms with van der Waals surface area (Å²) in [7, 11) is 1.86. The van der Waals surface area contributed by atoms with E-state index < -0.39 is 0 Å². The molecule has 1 aromatic carbocycles. The van der Waals surface area contributed by atoms with Crippen LogP contribution in [-0.4, -0.2) is 36.1 Å². The molecule has 19 heavy (non-hydrogen) atoms. The number of hydrogen-bond acceptors (Lipinski definition) is 5. The van der Waals surface area contributed by atoms with E-state index in [0.29, 0.717) is 25.5 Å². The first-order chi connectivity index (χ1) is 9.20. The Morgan fingerprint density at radius 2 is 2.16 bits per heavy atom. The Morgan fingerprint density at radius 1 is 1.37 bits per heavy atom. The van der Waals surface area contributed by atoms with Crippen LogP contribution in [0.25, 0.3) is 10.9 Å². The molecule has 2 rings (SSSR count). The van der Waals surface area contributed by atoms with Crippen molar-refractivity contribution in [2.24, 2.45) is 0 Å². The van der Waals surface area contributed by atoms with Crippen molar-refractivity contribution in [3.8, 4) is 0 Å². The zero-order chi connectivity index (χ0) is 13.7. The second kappa shape index (κ2) is 6.13. The minimum atomic E-state index is -0.199. The van der Waals surface area contributed by atoms with Gasteiger partial charge in [0, 0.05) is 25.2 Å². The molecule has 0 aliphatic carbocycles. The van der Waals surface area contributed by atoms with E-state index >= 15 is 0 Å². The van der Waals surface area contributed by atoms with E-state index in [2.05, 4.69) is 9.97 Å². The normalized spacial score (nSPS) is 10.4. The number of esters is 1. The Bertz CT molecular complexity index is 571. The molecule has 100 valence electrons. The largest absolute Gasteiger partial charge is 0.466 e. The summed E-state index contributed by atoms with van der Waals surface area (Å²) in [6.07, 6.45) is 2.12. The summed E-state index contributed by atoms with van der Waals surface area (Å²) in [5, 5.41) is 1.00. The third kappa shape index (κ3) is 3.40. The van der Waals surface area contributed by atoms with Crippen LogP contribution in [0.3, 0.4) is 0 Å². The number of carbonyl (C=O) groups is 1. The first kappa shape index (κ1) is 13.3. The van der Waals surface area contributed by atoms with Gasteiger partial charge in [0.25, 0.3) is 0 Å². The molecule has 0 unspecified atom stereocenters. The quantitative estimate of drug-likeness (QED) is 0.769. The number of ether oxygens (including phenoxy) is 1. The summed E-state index contributed by atoms with van der Waals surface area (Å²) in [6, 6.07) is 7.81. The van der Waals surface area contributed by atoms with Crippen LogP contribution < -0.4 is 4.90 Å². The summed E-state index contributed by atoms with van der Waals surface area (Å²) in [6.45, 7) is 2.75. The highest BCUT2D eigenvalue weighted by Crippen LogP contribution is 2.13. The highest BCUT2D eigenvalue weighted by molar-refractivity contribution is 5.78. The molecule has 0 bridgehead atoms. The summed E-state index contributed by atoms with van der Waals surface area (Å²) in [5.41, 5.74) is 0.899. The number of rotatable bonds is 5. The summed E-state index contributed by atoms with van der Waals surface area (Å²) in [5.74, 6) is 0.415. The minimum Gasteiger partial charge on any atom is -0.466 e. The van der Waals surface area contributed by atoms with Gasteiger partial charge in [0.15, 0.2) is 0 Å². The van der Waals surface area contributed by atoms with Gasteiger partial charge < -0.3 is 9.64 Å². The van der Waals surface area contributed by atoms with Gasteiger partial charge in [0.1, 0.15) is 0 Å². The first-order valence-corrected chi connectivity index (χ1v) is 6.29. The average Bonchev–Trinajstić information content (AvgIpc) is 2.44. The lowest BCUT2D eigenvalue weighted by atomic mass is 10.2. The van der Waals surface area contributed by atoms with Crippen LogP contribution in [0.4, 0.5) is 5.95 Å². The van der Waals surface area contributed by atoms with Crippen molar-refractivity contribution in [1.29, 1.82) is 0 Å². The van der Waals surface area contributed by atoms with Gasteiger partial charge in [-0.05, 0) is 13.0 Å². The van der Waals surface area contributed by atoms with Crippen molar-refractivity contribution in [2.75, 3.05) is 25.1 Å². The van der Waals surface area contributed by atoms with Gasteiger partial charge in [0.05, 0.1) is 18.5 Å². The Morgan fingerprint density at radius 3 is 2.95 bits per heavy atom. The molecule has 5 heteroatoms. The van der Waals surface area contributed by atoms with Crippen molar-refractivity contribution < 1.29 is 9.53 Å². The van der Waals surface area contributed by atoms with Gasteiger partial charge in [-0.3, -0.25) is 4.79 Å². The first-order valence-electron chi connectivity index (χ1n) is 6.29. The smallest absolute Gasteiger partial charge is 0.307 e. The van der Waals surface area contributed by atoms with Crippen molar-refractivity contribution >= 4 is 22.8 Å². The van der Waals surface area contributed by atoms with Gasteiger partial charge >= 0.3 is 5.97 Å². The summed E-state index contributed by atoms with van der Waals surface area (Å²) in [4.78, 5) is 21.9. The van der Waals surface area contributed by atoms with Gasteiger partial charge in [-0.2, -0.15) is 0 Å². The summed E-state index contributed by atoms with van der Waals surface area (Å²) < 4.78 is 4.89. The fraction of sp³-hybridized carbons (Fsp3) is 0.357. The lowest BCUT2D eigenvalue weighted by Gasteiger charge is -2.16. The molecule has 0 amide bonds. The van der Waals surface area contributed by atoms with Crippen molar-refractivity contribution in [3.05, 3.63) is 30.5 Å². The maximum atomic E-state index is 11.3. The number of benzene rings is 1. The molecule has 0 atom stereocenters. The molecule has 1 aromatic heterocycles. The predicted octanol–water partition coefficient (Wildman–Crippen LogP) is 2.02. The monoisotopic (exact) mass is 259 g/mol.